The van der Waals surface area contributed by atoms with Gasteiger partial charge in [0.25, 0.3) is 0 Å². The molecule has 1 aromatic heterocycles. The van der Waals surface area contributed by atoms with Gasteiger partial charge < -0.3 is 10.6 Å². The molecular formula is C13H22N4O. The maximum atomic E-state index is 12.1. The quantitative estimate of drug-likeness (QED) is 0.853. The molecule has 2 rings (SSSR count). The minimum atomic E-state index is -0.428. The van der Waals surface area contributed by atoms with Gasteiger partial charge in [0.2, 0.25) is 5.91 Å². The van der Waals surface area contributed by atoms with E-state index in [1.54, 1.807) is 6.92 Å². The summed E-state index contributed by atoms with van der Waals surface area (Å²) in [7, 11) is 1.94. The number of aromatic nitrogens is 2. The molecule has 0 radical (unpaired) electrons. The third-order valence-corrected chi connectivity index (χ3v) is 3.82. The van der Waals surface area contributed by atoms with E-state index in [1.807, 2.05) is 23.6 Å². The van der Waals surface area contributed by atoms with Crippen LogP contribution < -0.4 is 5.73 Å². The second-order valence-corrected chi connectivity index (χ2v) is 5.19. The Kier molecular flexibility index (Phi) is 3.43. The summed E-state index contributed by atoms with van der Waals surface area (Å²) in [6, 6.07) is -0.278. The largest absolute Gasteiger partial charge is 0.334 e. The molecule has 2 N–H and O–H groups in total. The standard InChI is InChI=1S/C13H22N4O/c1-8(14)13(18)17-7-5-6-11(17)12-9(2)15-16(4)10(12)3/h8,11H,5-7,14H2,1-4H3/t8-,11?/m1/s1. The summed E-state index contributed by atoms with van der Waals surface area (Å²) in [5.74, 6) is 0.0418. The minimum Gasteiger partial charge on any atom is -0.334 e. The highest BCUT2D eigenvalue weighted by Crippen LogP contribution is 2.35. The van der Waals surface area contributed by atoms with Gasteiger partial charge in [-0.1, -0.05) is 0 Å². The Morgan fingerprint density at radius 3 is 2.67 bits per heavy atom. The first-order chi connectivity index (χ1) is 8.43. The average molecular weight is 250 g/mol. The van der Waals surface area contributed by atoms with Crippen molar-refractivity contribution >= 4 is 5.91 Å². The van der Waals surface area contributed by atoms with Gasteiger partial charge in [-0.2, -0.15) is 5.10 Å². The van der Waals surface area contributed by atoms with Gasteiger partial charge in [0.15, 0.2) is 0 Å². The number of aryl methyl sites for hydroxylation is 2. The average Bonchev–Trinajstić information content (AvgIpc) is 2.84. The molecule has 0 saturated carbocycles. The highest BCUT2D eigenvalue weighted by molar-refractivity contribution is 5.82. The fourth-order valence-electron chi connectivity index (χ4n) is 2.86. The van der Waals surface area contributed by atoms with Gasteiger partial charge in [-0.3, -0.25) is 9.48 Å². The summed E-state index contributed by atoms with van der Waals surface area (Å²) < 4.78 is 1.89. The second kappa shape index (κ2) is 4.72. The number of likely N-dealkylation sites (tertiary alicyclic amines) is 1. The zero-order chi connectivity index (χ0) is 13.4. The van der Waals surface area contributed by atoms with Gasteiger partial charge in [-0.25, -0.2) is 0 Å². The molecule has 100 valence electrons. The van der Waals surface area contributed by atoms with Gasteiger partial charge in [0.1, 0.15) is 0 Å². The number of carbonyl (C=O) groups is 1. The molecule has 2 atom stereocenters. The molecule has 18 heavy (non-hydrogen) atoms. The van der Waals surface area contributed by atoms with E-state index >= 15 is 0 Å². The van der Waals surface area contributed by atoms with E-state index < -0.39 is 6.04 Å². The smallest absolute Gasteiger partial charge is 0.239 e. The van der Waals surface area contributed by atoms with Crippen LogP contribution in [0.15, 0.2) is 0 Å². The molecular weight excluding hydrogens is 228 g/mol. The Hall–Kier alpha value is -1.36. The summed E-state index contributed by atoms with van der Waals surface area (Å²) in [4.78, 5) is 14.1. The van der Waals surface area contributed by atoms with Crippen molar-refractivity contribution in [3.05, 3.63) is 17.0 Å². The highest BCUT2D eigenvalue weighted by atomic mass is 16.2. The van der Waals surface area contributed by atoms with Crippen LogP contribution in [-0.4, -0.2) is 33.2 Å². The topological polar surface area (TPSA) is 64.2 Å². The summed E-state index contributed by atoms with van der Waals surface area (Å²) in [6.07, 6.45) is 2.04. The van der Waals surface area contributed by atoms with Crippen LogP contribution in [0.4, 0.5) is 0 Å². The van der Waals surface area contributed by atoms with E-state index in [-0.39, 0.29) is 11.9 Å². The van der Waals surface area contributed by atoms with E-state index in [1.165, 1.54) is 5.56 Å². The van der Waals surface area contributed by atoms with Gasteiger partial charge in [0, 0.05) is 24.8 Å². The van der Waals surface area contributed by atoms with Crippen LogP contribution in [0, 0.1) is 13.8 Å². The molecule has 0 aliphatic carbocycles. The molecule has 5 heteroatoms. The fraction of sp³-hybridized carbons (Fsp3) is 0.692. The van der Waals surface area contributed by atoms with Crippen molar-refractivity contribution in [3.63, 3.8) is 0 Å². The summed E-state index contributed by atoms with van der Waals surface area (Å²) in [6.45, 7) is 6.62. The molecule has 1 fully saturated rings. The van der Waals surface area contributed by atoms with Crippen molar-refractivity contribution < 1.29 is 4.79 Å². The van der Waals surface area contributed by atoms with Crippen molar-refractivity contribution in [1.29, 1.82) is 0 Å². The predicted octanol–water partition coefficient (Wildman–Crippen LogP) is 1.05. The van der Waals surface area contributed by atoms with Crippen LogP contribution in [0.1, 0.15) is 42.8 Å². The fourth-order valence-corrected chi connectivity index (χ4v) is 2.86. The third kappa shape index (κ3) is 2.03. The van der Waals surface area contributed by atoms with Crippen molar-refractivity contribution in [2.45, 2.75) is 45.7 Å². The lowest BCUT2D eigenvalue weighted by Gasteiger charge is -2.26. The first-order valence-electron chi connectivity index (χ1n) is 6.49. The molecule has 0 spiro atoms. The van der Waals surface area contributed by atoms with Gasteiger partial charge in [0.05, 0.1) is 17.8 Å². The van der Waals surface area contributed by atoms with E-state index in [0.29, 0.717) is 0 Å². The number of amides is 1. The third-order valence-electron chi connectivity index (χ3n) is 3.82. The normalized spacial score (nSPS) is 21.4. The van der Waals surface area contributed by atoms with E-state index in [2.05, 4.69) is 12.0 Å². The zero-order valence-corrected chi connectivity index (χ0v) is 11.6. The molecule has 1 aliphatic heterocycles. The monoisotopic (exact) mass is 250 g/mol. The van der Waals surface area contributed by atoms with Crippen LogP contribution in [0.5, 0.6) is 0 Å². The Labute approximate surface area is 108 Å². The maximum Gasteiger partial charge on any atom is 0.239 e. The van der Waals surface area contributed by atoms with Gasteiger partial charge >= 0.3 is 0 Å². The van der Waals surface area contributed by atoms with Crippen molar-refractivity contribution in [3.8, 4) is 0 Å². The van der Waals surface area contributed by atoms with Crippen molar-refractivity contribution in [1.82, 2.24) is 14.7 Å². The van der Waals surface area contributed by atoms with Gasteiger partial charge in [-0.15, -0.1) is 0 Å². The van der Waals surface area contributed by atoms with Crippen LogP contribution in [0.2, 0.25) is 0 Å². The number of hydrogen-bond donors (Lipinski definition) is 1. The van der Waals surface area contributed by atoms with Crippen LogP contribution in [0.3, 0.4) is 0 Å². The first kappa shape index (κ1) is 13.1. The highest BCUT2D eigenvalue weighted by Gasteiger charge is 2.34. The SMILES string of the molecule is Cc1nn(C)c(C)c1C1CCCN1C(=O)[C@@H](C)N. The van der Waals surface area contributed by atoms with Crippen LogP contribution in [-0.2, 0) is 11.8 Å². The number of nitrogens with two attached hydrogens (primary N) is 1. The Balaban J connectivity index is 2.35. The second-order valence-electron chi connectivity index (χ2n) is 5.19. The summed E-state index contributed by atoms with van der Waals surface area (Å²) >= 11 is 0. The van der Waals surface area contributed by atoms with Crippen molar-refractivity contribution in [2.24, 2.45) is 12.8 Å². The Bertz CT molecular complexity index is 464. The minimum absolute atomic E-state index is 0.0418. The van der Waals surface area contributed by atoms with Crippen LogP contribution in [0.25, 0.3) is 0 Å². The van der Waals surface area contributed by atoms with E-state index in [9.17, 15) is 4.79 Å². The number of rotatable bonds is 2. The lowest BCUT2D eigenvalue weighted by Crippen LogP contribution is -2.41. The number of nitrogens with zero attached hydrogens (tertiary/aromatic N) is 3. The molecule has 5 nitrogen and oxygen atoms in total. The molecule has 0 bridgehead atoms. The Morgan fingerprint density at radius 1 is 1.50 bits per heavy atom. The number of carbonyl (C=O) groups excluding carboxylic acids is 1. The molecule has 1 aromatic rings. The molecule has 0 aromatic carbocycles. The molecule has 1 aliphatic rings. The van der Waals surface area contributed by atoms with Crippen molar-refractivity contribution in [2.75, 3.05) is 6.54 Å². The van der Waals surface area contributed by atoms with Crippen LogP contribution >= 0.6 is 0 Å². The maximum absolute atomic E-state index is 12.1. The predicted molar refractivity (Wildman–Crippen MR) is 70.0 cm³/mol. The molecule has 1 amide bonds. The lowest BCUT2D eigenvalue weighted by atomic mass is 10.0. The number of hydrogen-bond acceptors (Lipinski definition) is 3. The van der Waals surface area contributed by atoms with E-state index in [0.717, 1.165) is 30.8 Å². The molecule has 1 unspecified atom stereocenters. The van der Waals surface area contributed by atoms with E-state index in [4.69, 9.17) is 5.73 Å². The first-order valence-corrected chi connectivity index (χ1v) is 6.49. The Morgan fingerprint density at radius 2 is 2.17 bits per heavy atom. The summed E-state index contributed by atoms with van der Waals surface area (Å²) in [5.41, 5.74) is 9.08. The molecule has 1 saturated heterocycles. The van der Waals surface area contributed by atoms with Gasteiger partial charge in [-0.05, 0) is 33.6 Å². The summed E-state index contributed by atoms with van der Waals surface area (Å²) in [5, 5.41) is 4.44. The lowest BCUT2D eigenvalue weighted by molar-refractivity contribution is -0.133. The molecule has 2 heterocycles. The zero-order valence-electron chi connectivity index (χ0n) is 11.6.